The van der Waals surface area contributed by atoms with Crippen LogP contribution in [0.15, 0.2) is 18.2 Å². The molecule has 2 nitrogen and oxygen atoms in total. The van der Waals surface area contributed by atoms with E-state index in [0.717, 1.165) is 5.56 Å². The number of nitroso groups, excluding NO2 is 1. The summed E-state index contributed by atoms with van der Waals surface area (Å²) in [5, 5.41) is 0.524. The van der Waals surface area contributed by atoms with E-state index < -0.39 is 0 Å². The third kappa shape index (κ3) is 1.88. The Morgan fingerprint density at radius 1 is 1.55 bits per heavy atom. The molecule has 0 N–H and O–H groups in total. The van der Waals surface area contributed by atoms with E-state index in [1.54, 1.807) is 18.2 Å². The predicted octanol–water partition coefficient (Wildman–Crippen LogP) is 2.52. The summed E-state index contributed by atoms with van der Waals surface area (Å²) in [6.45, 7) is 1.81. The largest absolute Gasteiger partial charge is 0.364 e. The van der Waals surface area contributed by atoms with Gasteiger partial charge in [0.05, 0.1) is 0 Å². The smallest absolute Gasteiger partial charge is 0.242 e. The van der Waals surface area contributed by atoms with Crippen LogP contribution in [0.4, 0.5) is 5.69 Å². The second kappa shape index (κ2) is 3.15. The third-order valence-electron chi connectivity index (χ3n) is 1.37. The fourth-order valence-electron chi connectivity index (χ4n) is 0.779. The minimum atomic E-state index is 0.390. The van der Waals surface area contributed by atoms with E-state index in [1.165, 1.54) is 0 Å². The summed E-state index contributed by atoms with van der Waals surface area (Å²) in [5.41, 5.74) is 1.27. The first-order valence-corrected chi connectivity index (χ1v) is 3.76. The van der Waals surface area contributed by atoms with Gasteiger partial charge in [-0.1, -0.05) is 21.8 Å². The monoisotopic (exact) mass is 187 g/mol. The highest BCUT2D eigenvalue weighted by Crippen LogP contribution is 2.21. The molecule has 1 rings (SSSR count). The molecule has 4 heteroatoms. The Bertz CT molecular complexity index is 300. The van der Waals surface area contributed by atoms with Crippen LogP contribution in [0.25, 0.3) is 0 Å². The molecule has 1 aromatic rings. The molecule has 0 bridgehead atoms. The topological polar surface area (TPSA) is 20.1 Å². The highest BCUT2D eigenvalue weighted by Gasteiger charge is 2.06. The Labute approximate surface area is 75.3 Å². The minimum Gasteiger partial charge on any atom is -0.364 e. The molecule has 0 aliphatic rings. The molecular weight excluding hydrogens is 182 g/mol. The van der Waals surface area contributed by atoms with Gasteiger partial charge in [-0.3, -0.25) is 0 Å². The van der Waals surface area contributed by atoms with Crippen molar-refractivity contribution in [1.82, 2.24) is 0 Å². The van der Waals surface area contributed by atoms with Gasteiger partial charge in [-0.05, 0) is 13.0 Å². The van der Waals surface area contributed by atoms with E-state index >= 15 is 0 Å². The summed E-state index contributed by atoms with van der Waals surface area (Å²) in [5.74, 6) is 0. The summed E-state index contributed by atoms with van der Waals surface area (Å²) < 4.78 is 0.390. The van der Waals surface area contributed by atoms with Gasteiger partial charge in [-0.15, -0.1) is 0 Å². The van der Waals surface area contributed by atoms with Gasteiger partial charge in [0, 0.05) is 21.6 Å². The summed E-state index contributed by atoms with van der Waals surface area (Å²) in [6.07, 6.45) is 0. The zero-order chi connectivity index (χ0) is 8.43. The van der Waals surface area contributed by atoms with Gasteiger partial charge >= 0.3 is 0 Å². The Hall–Kier alpha value is -0.670. The molecule has 0 spiro atoms. The summed E-state index contributed by atoms with van der Waals surface area (Å²) in [7, 11) is 0. The van der Waals surface area contributed by atoms with E-state index in [4.69, 9.17) is 11.6 Å². The molecule has 0 aliphatic carbocycles. The quantitative estimate of drug-likeness (QED) is 0.498. The van der Waals surface area contributed by atoms with Crippen molar-refractivity contribution < 1.29 is 4.17 Å². The average molecular weight is 188 g/mol. The molecule has 58 valence electrons. The van der Waals surface area contributed by atoms with Crippen molar-refractivity contribution >= 4 is 30.1 Å². The zero-order valence-corrected chi connectivity index (χ0v) is 7.45. The number of halogens is 1. The first kappa shape index (κ1) is 8.43. The lowest BCUT2D eigenvalue weighted by Gasteiger charge is -1.98. The van der Waals surface area contributed by atoms with E-state index in [9.17, 15) is 4.91 Å². The molecule has 0 unspecified atom stereocenters. The maximum Gasteiger partial charge on any atom is 0.242 e. The van der Waals surface area contributed by atoms with Crippen molar-refractivity contribution in [2.24, 2.45) is 0 Å². The van der Waals surface area contributed by atoms with E-state index in [-0.39, 0.29) is 0 Å². The molecule has 0 heterocycles. The number of nitrogens with zero attached hydrogens (tertiary/aromatic N) is 1. The number of benzene rings is 1. The Kier molecular flexibility index (Phi) is 2.42. The number of hydrogen-bond acceptors (Lipinski definition) is 2. The molecule has 0 saturated heterocycles. The van der Waals surface area contributed by atoms with E-state index in [0.29, 0.717) is 14.9 Å². The van der Waals surface area contributed by atoms with Crippen LogP contribution in [0.3, 0.4) is 0 Å². The Morgan fingerprint density at radius 3 is 2.64 bits per heavy atom. The first-order valence-electron chi connectivity index (χ1n) is 3.02. The Morgan fingerprint density at radius 2 is 2.18 bits per heavy atom. The van der Waals surface area contributed by atoms with Crippen LogP contribution >= 0.6 is 11.6 Å². The van der Waals surface area contributed by atoms with E-state index in [2.05, 4.69) is 12.8 Å². The number of hydrogen-bond donors (Lipinski definition) is 0. The fourth-order valence-corrected chi connectivity index (χ4v) is 1.14. The molecule has 0 fully saturated rings. The van der Waals surface area contributed by atoms with Gasteiger partial charge < -0.3 is 12.8 Å². The van der Waals surface area contributed by atoms with Crippen LogP contribution in [0.5, 0.6) is 0 Å². The van der Waals surface area contributed by atoms with Crippen LogP contribution in [0.1, 0.15) is 5.56 Å². The normalized spacial score (nSPS) is 9.64. The zero-order valence-electron chi connectivity index (χ0n) is 5.87. The number of rotatable bonds is 1. The van der Waals surface area contributed by atoms with Gasteiger partial charge in [0.15, 0.2) is 0 Å². The predicted molar refractivity (Wildman–Crippen MR) is 46.8 cm³/mol. The molecule has 0 aromatic heterocycles. The highest BCUT2D eigenvalue weighted by atomic mass is 35.5. The van der Waals surface area contributed by atoms with Crippen LogP contribution in [0, 0.1) is 11.8 Å². The van der Waals surface area contributed by atoms with Gasteiger partial charge in [0.2, 0.25) is 5.69 Å². The first-order chi connectivity index (χ1) is 5.11. The van der Waals surface area contributed by atoms with Crippen LogP contribution in [-0.2, 0) is 12.8 Å². The lowest BCUT2D eigenvalue weighted by atomic mass is 10.2. The summed E-state index contributed by atoms with van der Waals surface area (Å²) in [6, 6.07) is 5.03. The molecule has 0 saturated carbocycles. The van der Waals surface area contributed by atoms with Crippen molar-refractivity contribution in [2.45, 2.75) is 6.92 Å². The SMILES string of the molecule is Cc1ccc(Cl)cc1[N+](=O)[S-]. The summed E-state index contributed by atoms with van der Waals surface area (Å²) in [4.78, 5) is 10.7. The van der Waals surface area contributed by atoms with Crippen molar-refractivity contribution in [2.75, 3.05) is 0 Å². The van der Waals surface area contributed by atoms with Crippen LogP contribution < -0.4 is 0 Å². The maximum atomic E-state index is 10.7. The highest BCUT2D eigenvalue weighted by molar-refractivity contribution is 7.51. The molecule has 1 aromatic carbocycles. The van der Waals surface area contributed by atoms with Crippen molar-refractivity contribution in [1.29, 1.82) is 0 Å². The molecular formula is C7H6ClNOS. The molecule has 0 aliphatic heterocycles. The van der Waals surface area contributed by atoms with Crippen molar-refractivity contribution in [3.8, 4) is 0 Å². The van der Waals surface area contributed by atoms with Gasteiger partial charge in [-0.2, -0.15) is 0 Å². The second-order valence-electron chi connectivity index (χ2n) is 2.19. The van der Waals surface area contributed by atoms with Gasteiger partial charge in [0.25, 0.3) is 0 Å². The molecule has 11 heavy (non-hydrogen) atoms. The van der Waals surface area contributed by atoms with Crippen molar-refractivity contribution in [3.63, 3.8) is 0 Å². The van der Waals surface area contributed by atoms with E-state index in [1.807, 2.05) is 6.92 Å². The van der Waals surface area contributed by atoms with Gasteiger partial charge in [-0.25, -0.2) is 0 Å². The van der Waals surface area contributed by atoms with Crippen LogP contribution in [0.2, 0.25) is 5.02 Å². The standard InChI is InChI=1S/C7H6ClNOS/c1-5-2-3-6(8)4-7(5)9(10)11/h2-4H,1H3. The third-order valence-corrected chi connectivity index (χ3v) is 1.80. The average Bonchev–Trinajstić information content (AvgIpc) is 1.94. The van der Waals surface area contributed by atoms with Gasteiger partial charge in [0.1, 0.15) is 0 Å². The fraction of sp³-hybridized carbons (Fsp3) is 0.143. The summed E-state index contributed by atoms with van der Waals surface area (Å²) >= 11 is 10.1. The Balaban J connectivity index is 3.23. The van der Waals surface area contributed by atoms with Crippen LogP contribution in [-0.4, -0.2) is 4.17 Å². The van der Waals surface area contributed by atoms with Crippen molar-refractivity contribution in [3.05, 3.63) is 33.7 Å². The lowest BCUT2D eigenvalue weighted by Crippen LogP contribution is -1.90. The maximum absolute atomic E-state index is 10.7. The lowest BCUT2D eigenvalue weighted by molar-refractivity contribution is -0.263. The molecule has 0 amide bonds. The molecule has 0 radical (unpaired) electrons. The molecule has 0 atom stereocenters. The minimum absolute atomic E-state index is 0.390. The second-order valence-corrected chi connectivity index (χ2v) is 2.96. The number of aryl methyl sites for hydroxylation is 1.